The third-order valence-corrected chi connectivity index (χ3v) is 4.42. The van der Waals surface area contributed by atoms with Crippen molar-refractivity contribution in [3.63, 3.8) is 0 Å². The highest BCUT2D eigenvalue weighted by molar-refractivity contribution is 7.90. The largest absolute Gasteiger partial charge is 0.224 e. The van der Waals surface area contributed by atoms with Crippen LogP contribution in [0.1, 0.15) is 18.1 Å². The smallest absolute Gasteiger partial charge is 0.175 e. The van der Waals surface area contributed by atoms with Gasteiger partial charge in [0.25, 0.3) is 0 Å². The van der Waals surface area contributed by atoms with Crippen LogP contribution < -0.4 is 0 Å². The van der Waals surface area contributed by atoms with Crippen LogP contribution in [0.4, 0.5) is 4.39 Å². The van der Waals surface area contributed by atoms with Gasteiger partial charge in [0, 0.05) is 11.8 Å². The second-order valence-corrected chi connectivity index (χ2v) is 7.00. The molecule has 0 aliphatic heterocycles. The maximum atomic E-state index is 14.1. The number of benzene rings is 2. The van der Waals surface area contributed by atoms with Crippen LogP contribution in [0.2, 0.25) is 0 Å². The zero-order chi connectivity index (χ0) is 15.6. The predicted octanol–water partition coefficient (Wildman–Crippen LogP) is 4.24. The molecule has 2 rings (SSSR count). The lowest BCUT2D eigenvalue weighted by Crippen LogP contribution is -1.96. The monoisotopic (exact) mass is 304 g/mol. The van der Waals surface area contributed by atoms with Crippen molar-refractivity contribution in [2.75, 3.05) is 6.26 Å². The Morgan fingerprint density at radius 2 is 1.71 bits per heavy atom. The van der Waals surface area contributed by atoms with E-state index >= 15 is 0 Å². The first kappa shape index (κ1) is 15.4. The van der Waals surface area contributed by atoms with E-state index in [1.165, 1.54) is 18.2 Å². The molecule has 2 aromatic rings. The molecule has 4 heteroatoms. The van der Waals surface area contributed by atoms with Crippen LogP contribution in [0, 0.1) is 12.7 Å². The molecule has 110 valence electrons. The van der Waals surface area contributed by atoms with E-state index in [1.54, 1.807) is 18.2 Å². The molecule has 0 aliphatic rings. The first-order chi connectivity index (χ1) is 9.82. The summed E-state index contributed by atoms with van der Waals surface area (Å²) >= 11 is 0. The van der Waals surface area contributed by atoms with E-state index in [9.17, 15) is 12.8 Å². The molecule has 0 N–H and O–H groups in total. The zero-order valence-corrected chi connectivity index (χ0v) is 13.0. The van der Waals surface area contributed by atoms with Gasteiger partial charge < -0.3 is 0 Å². The highest BCUT2D eigenvalue weighted by atomic mass is 32.2. The average Bonchev–Trinajstić information content (AvgIpc) is 2.41. The van der Waals surface area contributed by atoms with Gasteiger partial charge in [0.1, 0.15) is 5.82 Å². The van der Waals surface area contributed by atoms with Crippen LogP contribution in [0.15, 0.2) is 47.4 Å². The van der Waals surface area contributed by atoms with E-state index in [-0.39, 0.29) is 10.7 Å². The zero-order valence-electron chi connectivity index (χ0n) is 12.2. The van der Waals surface area contributed by atoms with E-state index in [2.05, 4.69) is 0 Å². The minimum atomic E-state index is -3.24. The molecule has 0 unspecified atom stereocenters. The van der Waals surface area contributed by atoms with Crippen molar-refractivity contribution in [1.29, 1.82) is 0 Å². The van der Waals surface area contributed by atoms with Crippen LogP contribution in [0.3, 0.4) is 0 Å². The summed E-state index contributed by atoms with van der Waals surface area (Å²) in [6.45, 7) is 3.76. The molecule has 0 heterocycles. The Bertz CT molecular complexity index is 788. The highest BCUT2D eigenvalue weighted by Crippen LogP contribution is 2.27. The van der Waals surface area contributed by atoms with Crippen LogP contribution in [0.5, 0.6) is 0 Å². The predicted molar refractivity (Wildman–Crippen MR) is 84.4 cm³/mol. The van der Waals surface area contributed by atoms with E-state index in [4.69, 9.17) is 0 Å². The van der Waals surface area contributed by atoms with Gasteiger partial charge in [0.15, 0.2) is 9.84 Å². The fourth-order valence-electron chi connectivity index (χ4n) is 2.15. The lowest BCUT2D eigenvalue weighted by molar-refractivity contribution is 0.602. The van der Waals surface area contributed by atoms with E-state index in [1.807, 2.05) is 26.0 Å². The van der Waals surface area contributed by atoms with Crippen LogP contribution >= 0.6 is 0 Å². The minimum Gasteiger partial charge on any atom is -0.224 e. The molecule has 0 atom stereocenters. The number of hydrogen-bond acceptors (Lipinski definition) is 2. The van der Waals surface area contributed by atoms with Crippen molar-refractivity contribution < 1.29 is 12.8 Å². The molecule has 0 amide bonds. The number of sulfone groups is 1. The second kappa shape index (κ2) is 5.82. The standard InChI is InChI=1S/C17H17FO2S/c1-4-5-14-11-16(17(18)10-12(14)2)13-6-8-15(9-7-13)21(3,19)20/h4-11H,1-3H3. The fourth-order valence-corrected chi connectivity index (χ4v) is 2.78. The van der Waals surface area contributed by atoms with Gasteiger partial charge >= 0.3 is 0 Å². The number of allylic oxidation sites excluding steroid dienone is 1. The molecule has 0 saturated carbocycles. The SMILES string of the molecule is CC=Cc1cc(-c2ccc(S(C)(=O)=O)cc2)c(F)cc1C. The molecular weight excluding hydrogens is 287 g/mol. The van der Waals surface area contributed by atoms with Crippen LogP contribution in [-0.2, 0) is 9.84 Å². The summed E-state index contributed by atoms with van der Waals surface area (Å²) in [5.74, 6) is -0.312. The van der Waals surface area contributed by atoms with Gasteiger partial charge in [-0.15, -0.1) is 0 Å². The van der Waals surface area contributed by atoms with Crippen molar-refractivity contribution in [1.82, 2.24) is 0 Å². The Morgan fingerprint density at radius 3 is 2.24 bits per heavy atom. The van der Waals surface area contributed by atoms with Gasteiger partial charge in [0.05, 0.1) is 4.90 Å². The lowest BCUT2D eigenvalue weighted by atomic mass is 9.99. The molecule has 0 saturated heterocycles. The van der Waals surface area contributed by atoms with Gasteiger partial charge in [-0.2, -0.15) is 0 Å². The van der Waals surface area contributed by atoms with Crippen LogP contribution in [-0.4, -0.2) is 14.7 Å². The molecule has 0 bridgehead atoms. The van der Waals surface area contributed by atoms with Gasteiger partial charge in [-0.05, 0) is 54.8 Å². The van der Waals surface area contributed by atoms with E-state index < -0.39 is 9.84 Å². The quantitative estimate of drug-likeness (QED) is 0.850. The number of rotatable bonds is 3. The Morgan fingerprint density at radius 1 is 1.10 bits per heavy atom. The summed E-state index contributed by atoms with van der Waals surface area (Å²) in [5, 5.41) is 0. The summed E-state index contributed by atoms with van der Waals surface area (Å²) in [4.78, 5) is 0.229. The number of hydrogen-bond donors (Lipinski definition) is 0. The Kier molecular flexibility index (Phi) is 4.28. The van der Waals surface area contributed by atoms with Gasteiger partial charge in [-0.1, -0.05) is 24.3 Å². The van der Waals surface area contributed by atoms with Gasteiger partial charge in [-0.25, -0.2) is 12.8 Å². The van der Waals surface area contributed by atoms with E-state index in [0.29, 0.717) is 11.1 Å². The van der Waals surface area contributed by atoms with Crippen LogP contribution in [0.25, 0.3) is 17.2 Å². The highest BCUT2D eigenvalue weighted by Gasteiger charge is 2.11. The summed E-state index contributed by atoms with van der Waals surface area (Å²) in [7, 11) is -3.24. The maximum absolute atomic E-state index is 14.1. The molecule has 0 radical (unpaired) electrons. The third-order valence-electron chi connectivity index (χ3n) is 3.30. The molecule has 2 aromatic carbocycles. The maximum Gasteiger partial charge on any atom is 0.175 e. The number of halogens is 1. The second-order valence-electron chi connectivity index (χ2n) is 4.99. The Hall–Kier alpha value is -1.94. The molecule has 0 spiro atoms. The molecule has 0 aliphatic carbocycles. The average molecular weight is 304 g/mol. The van der Waals surface area contributed by atoms with E-state index in [0.717, 1.165) is 17.4 Å². The molecule has 2 nitrogen and oxygen atoms in total. The fraction of sp³-hybridized carbons (Fsp3) is 0.176. The first-order valence-electron chi connectivity index (χ1n) is 6.56. The minimum absolute atomic E-state index is 0.229. The summed E-state index contributed by atoms with van der Waals surface area (Å²) in [5.41, 5.74) is 2.93. The third kappa shape index (κ3) is 3.39. The summed E-state index contributed by atoms with van der Waals surface area (Å²) in [6, 6.07) is 9.53. The van der Waals surface area contributed by atoms with Gasteiger partial charge in [0.2, 0.25) is 0 Å². The van der Waals surface area contributed by atoms with Crippen molar-refractivity contribution in [3.05, 3.63) is 59.4 Å². The lowest BCUT2D eigenvalue weighted by Gasteiger charge is -2.09. The Balaban J connectivity index is 2.54. The number of aryl methyl sites for hydroxylation is 1. The van der Waals surface area contributed by atoms with Crippen molar-refractivity contribution in [3.8, 4) is 11.1 Å². The molecule has 0 fully saturated rings. The van der Waals surface area contributed by atoms with Crippen molar-refractivity contribution >= 4 is 15.9 Å². The van der Waals surface area contributed by atoms with Crippen molar-refractivity contribution in [2.24, 2.45) is 0 Å². The summed E-state index contributed by atoms with van der Waals surface area (Å²) in [6.07, 6.45) is 4.97. The first-order valence-corrected chi connectivity index (χ1v) is 8.45. The molecule has 0 aromatic heterocycles. The topological polar surface area (TPSA) is 34.1 Å². The molecular formula is C17H17FO2S. The molecule has 21 heavy (non-hydrogen) atoms. The van der Waals surface area contributed by atoms with Crippen molar-refractivity contribution in [2.45, 2.75) is 18.7 Å². The Labute approximate surface area is 124 Å². The van der Waals surface area contributed by atoms with Gasteiger partial charge in [-0.3, -0.25) is 0 Å². The summed E-state index contributed by atoms with van der Waals surface area (Å²) < 4.78 is 37.0. The normalized spacial score (nSPS) is 12.0.